The lowest BCUT2D eigenvalue weighted by Gasteiger charge is -2.13. The SMILES string of the molecule is O=c1c2ccccc2n2c(=S)sc(-c3ccc(F)cc3)c2n1Cc1ccc(Cl)cc1. The van der Waals surface area contributed by atoms with Crippen molar-refractivity contribution in [2.75, 3.05) is 0 Å². The van der Waals surface area contributed by atoms with Crippen LogP contribution in [0.25, 0.3) is 27.0 Å². The van der Waals surface area contributed by atoms with E-state index in [0.29, 0.717) is 26.6 Å². The molecule has 2 aromatic heterocycles. The third-order valence-corrected chi connectivity index (χ3v) is 6.69. The topological polar surface area (TPSA) is 26.4 Å². The lowest BCUT2D eigenvalue weighted by Crippen LogP contribution is -2.23. The molecular weight excluding hydrogens is 439 g/mol. The summed E-state index contributed by atoms with van der Waals surface area (Å²) in [6.07, 6.45) is 0. The molecule has 3 nitrogen and oxygen atoms in total. The van der Waals surface area contributed by atoms with E-state index < -0.39 is 0 Å². The first-order chi connectivity index (χ1) is 14.5. The number of halogens is 2. The van der Waals surface area contributed by atoms with E-state index in [1.807, 2.05) is 40.8 Å². The van der Waals surface area contributed by atoms with E-state index in [2.05, 4.69) is 0 Å². The van der Waals surface area contributed by atoms with E-state index in [1.165, 1.54) is 23.5 Å². The summed E-state index contributed by atoms with van der Waals surface area (Å²) in [7, 11) is 0. The summed E-state index contributed by atoms with van der Waals surface area (Å²) in [6, 6.07) is 21.1. The van der Waals surface area contributed by atoms with Crippen molar-refractivity contribution in [3.63, 3.8) is 0 Å². The Bertz CT molecular complexity index is 1520. The summed E-state index contributed by atoms with van der Waals surface area (Å²) >= 11 is 13.1. The van der Waals surface area contributed by atoms with Crippen LogP contribution in [0.1, 0.15) is 5.56 Å². The molecule has 5 rings (SSSR count). The first-order valence-electron chi connectivity index (χ1n) is 9.20. The minimum atomic E-state index is -0.310. The normalized spacial score (nSPS) is 11.4. The number of hydrogen-bond acceptors (Lipinski definition) is 3. The molecule has 0 aliphatic carbocycles. The molecule has 0 fully saturated rings. The largest absolute Gasteiger partial charge is 0.288 e. The van der Waals surface area contributed by atoms with Gasteiger partial charge in [0.2, 0.25) is 0 Å². The van der Waals surface area contributed by atoms with Crippen LogP contribution < -0.4 is 5.56 Å². The molecule has 0 amide bonds. The van der Waals surface area contributed by atoms with Gasteiger partial charge in [0, 0.05) is 5.02 Å². The Morgan fingerprint density at radius 2 is 1.67 bits per heavy atom. The number of para-hydroxylation sites is 1. The van der Waals surface area contributed by atoms with Gasteiger partial charge in [-0.05, 0) is 59.7 Å². The molecule has 0 spiro atoms. The molecule has 7 heteroatoms. The van der Waals surface area contributed by atoms with E-state index in [1.54, 1.807) is 28.8 Å². The molecule has 0 aliphatic rings. The van der Waals surface area contributed by atoms with Gasteiger partial charge in [0.25, 0.3) is 5.56 Å². The average molecular weight is 453 g/mol. The Balaban J connectivity index is 1.89. The van der Waals surface area contributed by atoms with Crippen molar-refractivity contribution >= 4 is 51.7 Å². The Morgan fingerprint density at radius 1 is 0.967 bits per heavy atom. The molecule has 0 aliphatic heterocycles. The molecule has 0 unspecified atom stereocenters. The molecule has 2 heterocycles. The molecule has 3 aromatic carbocycles. The van der Waals surface area contributed by atoms with Gasteiger partial charge < -0.3 is 0 Å². The van der Waals surface area contributed by atoms with Crippen LogP contribution in [0, 0.1) is 9.77 Å². The van der Waals surface area contributed by atoms with Gasteiger partial charge in [0.05, 0.1) is 22.3 Å². The van der Waals surface area contributed by atoms with Crippen molar-refractivity contribution in [2.45, 2.75) is 6.54 Å². The lowest BCUT2D eigenvalue weighted by atomic mass is 10.1. The maximum Gasteiger partial charge on any atom is 0.261 e. The number of thiazole rings is 1. The Morgan fingerprint density at radius 3 is 2.40 bits per heavy atom. The van der Waals surface area contributed by atoms with Crippen molar-refractivity contribution < 1.29 is 4.39 Å². The summed E-state index contributed by atoms with van der Waals surface area (Å²) < 4.78 is 17.8. The summed E-state index contributed by atoms with van der Waals surface area (Å²) in [5.41, 5.74) is 3.13. The van der Waals surface area contributed by atoms with Crippen LogP contribution >= 0.6 is 35.2 Å². The summed E-state index contributed by atoms with van der Waals surface area (Å²) in [4.78, 5) is 14.3. The maximum atomic E-state index is 13.5. The fourth-order valence-electron chi connectivity index (χ4n) is 3.62. The third kappa shape index (κ3) is 3.17. The van der Waals surface area contributed by atoms with Crippen molar-refractivity contribution in [3.05, 3.63) is 104 Å². The van der Waals surface area contributed by atoms with Gasteiger partial charge in [0.1, 0.15) is 11.5 Å². The molecule has 0 saturated carbocycles. The van der Waals surface area contributed by atoms with Crippen LogP contribution in [-0.2, 0) is 6.54 Å². The van der Waals surface area contributed by atoms with Crippen molar-refractivity contribution in [3.8, 4) is 10.4 Å². The van der Waals surface area contributed by atoms with E-state index in [0.717, 1.165) is 21.5 Å². The molecule has 5 aromatic rings. The second-order valence-electron chi connectivity index (χ2n) is 6.90. The minimum Gasteiger partial charge on any atom is -0.288 e. The average Bonchev–Trinajstić information content (AvgIpc) is 3.10. The van der Waals surface area contributed by atoms with Gasteiger partial charge in [-0.1, -0.05) is 48.0 Å². The van der Waals surface area contributed by atoms with E-state index >= 15 is 0 Å². The highest BCUT2D eigenvalue weighted by Crippen LogP contribution is 2.33. The Labute approximate surface area is 185 Å². The van der Waals surface area contributed by atoms with Crippen molar-refractivity contribution in [2.24, 2.45) is 0 Å². The molecule has 148 valence electrons. The molecule has 0 bridgehead atoms. The highest BCUT2D eigenvalue weighted by atomic mass is 35.5. The predicted octanol–water partition coefficient (Wildman–Crippen LogP) is 6.55. The predicted molar refractivity (Wildman–Crippen MR) is 124 cm³/mol. The summed E-state index contributed by atoms with van der Waals surface area (Å²) in [5, 5.41) is 1.23. The van der Waals surface area contributed by atoms with Gasteiger partial charge in [-0.25, -0.2) is 4.39 Å². The fraction of sp³-hybridized carbons (Fsp3) is 0.0435. The second-order valence-corrected chi connectivity index (χ2v) is 8.98. The van der Waals surface area contributed by atoms with Crippen LogP contribution in [0.5, 0.6) is 0 Å². The van der Waals surface area contributed by atoms with Crippen LogP contribution in [0.2, 0.25) is 5.02 Å². The third-order valence-electron chi connectivity index (χ3n) is 5.02. The molecule has 0 saturated heterocycles. The zero-order valence-corrected chi connectivity index (χ0v) is 17.9. The molecule has 0 atom stereocenters. The standard InChI is InChI=1S/C23H14ClFN2OS2/c24-16-9-5-14(6-10-16)13-26-21-20(15-7-11-17(25)12-8-15)30-23(29)27(21)19-4-2-1-3-18(19)22(26)28/h1-12H,13H2. The lowest BCUT2D eigenvalue weighted by molar-refractivity contribution is 0.628. The first-order valence-corrected chi connectivity index (χ1v) is 10.8. The zero-order valence-electron chi connectivity index (χ0n) is 15.5. The number of nitrogens with zero attached hydrogens (tertiary/aromatic N) is 2. The highest BCUT2D eigenvalue weighted by molar-refractivity contribution is 7.73. The van der Waals surface area contributed by atoms with E-state index in [4.69, 9.17) is 23.8 Å². The van der Waals surface area contributed by atoms with Gasteiger partial charge in [-0.3, -0.25) is 13.8 Å². The van der Waals surface area contributed by atoms with Crippen LogP contribution in [0.4, 0.5) is 4.39 Å². The summed E-state index contributed by atoms with van der Waals surface area (Å²) in [5.74, 6) is -0.310. The number of rotatable bonds is 3. The number of fused-ring (bicyclic) bond motifs is 3. The quantitative estimate of drug-likeness (QED) is 0.290. The van der Waals surface area contributed by atoms with Crippen LogP contribution in [-0.4, -0.2) is 8.97 Å². The van der Waals surface area contributed by atoms with Crippen LogP contribution in [0.15, 0.2) is 77.6 Å². The Kier molecular flexibility index (Phi) is 4.77. The minimum absolute atomic E-state index is 0.100. The fourth-order valence-corrected chi connectivity index (χ4v) is 5.18. The molecule has 30 heavy (non-hydrogen) atoms. The Hall–Kier alpha value is -2.80. The number of hydrogen-bond donors (Lipinski definition) is 0. The van der Waals surface area contributed by atoms with Gasteiger partial charge in [-0.2, -0.15) is 0 Å². The zero-order chi connectivity index (χ0) is 20.8. The van der Waals surface area contributed by atoms with Crippen molar-refractivity contribution in [1.29, 1.82) is 0 Å². The molecule has 0 N–H and O–H groups in total. The number of aromatic nitrogens is 2. The smallest absolute Gasteiger partial charge is 0.261 e. The number of benzene rings is 3. The second kappa shape index (κ2) is 7.47. The molecule has 0 radical (unpaired) electrons. The highest BCUT2D eigenvalue weighted by Gasteiger charge is 2.18. The van der Waals surface area contributed by atoms with Crippen LogP contribution in [0.3, 0.4) is 0 Å². The first kappa shape index (κ1) is 19.2. The van der Waals surface area contributed by atoms with E-state index in [9.17, 15) is 9.18 Å². The van der Waals surface area contributed by atoms with Gasteiger partial charge in [0.15, 0.2) is 3.95 Å². The van der Waals surface area contributed by atoms with E-state index in [-0.39, 0.29) is 11.4 Å². The monoisotopic (exact) mass is 452 g/mol. The summed E-state index contributed by atoms with van der Waals surface area (Å²) in [6.45, 7) is 0.365. The maximum absolute atomic E-state index is 13.5. The molecular formula is C23H14ClFN2OS2. The van der Waals surface area contributed by atoms with Gasteiger partial charge >= 0.3 is 0 Å². The van der Waals surface area contributed by atoms with Crippen molar-refractivity contribution in [1.82, 2.24) is 8.97 Å². The van der Waals surface area contributed by atoms with Gasteiger partial charge in [-0.15, -0.1) is 11.3 Å².